The van der Waals surface area contributed by atoms with Crippen molar-refractivity contribution in [2.75, 3.05) is 18.6 Å². The Kier molecular flexibility index (Phi) is 5.52. The van der Waals surface area contributed by atoms with E-state index in [1.807, 2.05) is 12.3 Å². The molecule has 3 aromatic carbocycles. The molecule has 0 saturated carbocycles. The lowest BCUT2D eigenvalue weighted by atomic mass is 10.0. The summed E-state index contributed by atoms with van der Waals surface area (Å²) in [7, 11) is 2.69. The fraction of sp³-hybridized carbons (Fsp3) is 0.0741. The summed E-state index contributed by atoms with van der Waals surface area (Å²) in [4.78, 5) is 9.08. The first-order valence-electron chi connectivity index (χ1n) is 10.4. The van der Waals surface area contributed by atoms with E-state index in [0.717, 1.165) is 17.9 Å². The Morgan fingerprint density at radius 3 is 2.29 bits per heavy atom. The van der Waals surface area contributed by atoms with Crippen LogP contribution in [-0.2, 0) is 0 Å². The van der Waals surface area contributed by atoms with E-state index >= 15 is 0 Å². The van der Waals surface area contributed by atoms with Crippen molar-refractivity contribution in [2.45, 2.75) is 0 Å². The van der Waals surface area contributed by atoms with Gasteiger partial charge in [0.2, 0.25) is 0 Å². The molecule has 4 heteroatoms. The van der Waals surface area contributed by atoms with Gasteiger partial charge in [-0.3, -0.25) is 4.98 Å². The third kappa shape index (κ3) is 4.52. The van der Waals surface area contributed by atoms with Crippen LogP contribution in [0.15, 0.2) is 110 Å². The molecule has 3 nitrogen and oxygen atoms in total. The minimum absolute atomic E-state index is 0.602. The van der Waals surface area contributed by atoms with E-state index in [0.29, 0.717) is 8.58 Å². The van der Waals surface area contributed by atoms with Gasteiger partial charge in [-0.05, 0) is 52.1 Å². The second-order valence-corrected chi connectivity index (χ2v) is 9.12. The predicted octanol–water partition coefficient (Wildman–Crippen LogP) is 5.23. The number of nitrogens with zero attached hydrogens (tertiary/aromatic N) is 3. The highest BCUT2D eigenvalue weighted by atomic mass is 31.1. The molecule has 5 rings (SSSR count). The predicted molar refractivity (Wildman–Crippen MR) is 133 cm³/mol. The van der Waals surface area contributed by atoms with Gasteiger partial charge >= 0.3 is 0 Å². The van der Waals surface area contributed by atoms with Gasteiger partial charge in [0.25, 0.3) is 0 Å². The number of anilines is 1. The van der Waals surface area contributed by atoms with Gasteiger partial charge in [-0.15, -0.1) is 0 Å². The number of rotatable bonds is 5. The van der Waals surface area contributed by atoms with Gasteiger partial charge in [-0.2, -0.15) is 0 Å². The van der Waals surface area contributed by atoms with Gasteiger partial charge in [-0.25, -0.2) is 0 Å². The standard InChI is InChI=1S/C27H24N3P/c1-29-15-16-30(20-29)24-10-6-12-26(19-24)31-25-11-5-9-23(17-25)27-18-22(13-14-28-27)21-7-3-2-4-8-21/h2-19,31H,20H2,1H3. The molecule has 0 fully saturated rings. The van der Waals surface area contributed by atoms with Crippen LogP contribution < -0.4 is 15.5 Å². The van der Waals surface area contributed by atoms with E-state index in [2.05, 4.69) is 119 Å². The Labute approximate surface area is 185 Å². The molecule has 0 spiro atoms. The average molecular weight is 421 g/mol. The van der Waals surface area contributed by atoms with Crippen molar-refractivity contribution in [1.29, 1.82) is 0 Å². The number of pyridine rings is 1. The Morgan fingerprint density at radius 1 is 0.710 bits per heavy atom. The van der Waals surface area contributed by atoms with Gasteiger partial charge < -0.3 is 9.80 Å². The van der Waals surface area contributed by atoms with Crippen molar-refractivity contribution < 1.29 is 0 Å². The average Bonchev–Trinajstić information content (AvgIpc) is 3.26. The molecule has 0 amide bonds. The highest BCUT2D eigenvalue weighted by molar-refractivity contribution is 7.55. The summed E-state index contributed by atoms with van der Waals surface area (Å²) in [5.41, 5.74) is 5.80. The number of aromatic nitrogens is 1. The van der Waals surface area contributed by atoms with E-state index in [9.17, 15) is 0 Å². The number of benzene rings is 3. The molecule has 0 aliphatic carbocycles. The second-order valence-electron chi connectivity index (χ2n) is 7.72. The van der Waals surface area contributed by atoms with Gasteiger partial charge in [0.15, 0.2) is 0 Å². The van der Waals surface area contributed by atoms with Crippen molar-refractivity contribution >= 4 is 24.9 Å². The number of hydrogen-bond donors (Lipinski definition) is 0. The van der Waals surface area contributed by atoms with Crippen LogP contribution in [0.25, 0.3) is 22.4 Å². The van der Waals surface area contributed by atoms with Gasteiger partial charge in [0.1, 0.15) is 0 Å². The van der Waals surface area contributed by atoms with E-state index < -0.39 is 0 Å². The van der Waals surface area contributed by atoms with Crippen LogP contribution in [0.2, 0.25) is 0 Å². The fourth-order valence-corrected chi connectivity index (χ4v) is 4.92. The highest BCUT2D eigenvalue weighted by Gasteiger charge is 2.11. The normalized spacial score (nSPS) is 13.5. The quantitative estimate of drug-likeness (QED) is 0.412. The Hall–Kier alpha value is -3.42. The third-order valence-corrected chi connectivity index (χ3v) is 6.57. The van der Waals surface area contributed by atoms with Crippen LogP contribution in [0.4, 0.5) is 5.69 Å². The van der Waals surface area contributed by atoms with Gasteiger partial charge in [-0.1, -0.05) is 69.2 Å². The topological polar surface area (TPSA) is 19.4 Å². The van der Waals surface area contributed by atoms with Crippen LogP contribution in [0.5, 0.6) is 0 Å². The van der Waals surface area contributed by atoms with Crippen molar-refractivity contribution in [2.24, 2.45) is 0 Å². The zero-order chi connectivity index (χ0) is 21.0. The van der Waals surface area contributed by atoms with Crippen LogP contribution in [0.3, 0.4) is 0 Å². The lowest BCUT2D eigenvalue weighted by molar-refractivity contribution is 0.496. The second kappa shape index (κ2) is 8.75. The van der Waals surface area contributed by atoms with Crippen LogP contribution in [0.1, 0.15) is 0 Å². The highest BCUT2D eigenvalue weighted by Crippen LogP contribution is 2.26. The van der Waals surface area contributed by atoms with Crippen molar-refractivity contribution in [3.63, 3.8) is 0 Å². The lowest BCUT2D eigenvalue weighted by Gasteiger charge is -2.19. The summed E-state index contributed by atoms with van der Waals surface area (Å²) < 4.78 is 0. The number of hydrogen-bond acceptors (Lipinski definition) is 3. The molecule has 0 N–H and O–H groups in total. The van der Waals surface area contributed by atoms with Gasteiger partial charge in [0, 0.05) is 36.9 Å². The first-order chi connectivity index (χ1) is 15.2. The molecule has 0 bridgehead atoms. The van der Waals surface area contributed by atoms with E-state index in [1.54, 1.807) is 0 Å². The summed E-state index contributed by atoms with van der Waals surface area (Å²) in [6, 6.07) is 32.3. The SMILES string of the molecule is CN1C=CN(c2cccc(Pc3cccc(-c4cc(-c5ccccc5)ccn4)c3)c2)C1. The van der Waals surface area contributed by atoms with E-state index in [-0.39, 0.29) is 0 Å². The minimum Gasteiger partial charge on any atom is -0.361 e. The van der Waals surface area contributed by atoms with Gasteiger partial charge in [0.05, 0.1) is 12.4 Å². The van der Waals surface area contributed by atoms with Crippen molar-refractivity contribution in [3.8, 4) is 22.4 Å². The third-order valence-electron chi connectivity index (χ3n) is 5.37. The van der Waals surface area contributed by atoms with Crippen LogP contribution >= 0.6 is 8.58 Å². The summed E-state index contributed by atoms with van der Waals surface area (Å²) in [6.45, 7) is 0.894. The molecular weight excluding hydrogens is 397 g/mol. The van der Waals surface area contributed by atoms with Crippen LogP contribution in [-0.4, -0.2) is 23.6 Å². The van der Waals surface area contributed by atoms with E-state index in [1.165, 1.54) is 27.4 Å². The summed E-state index contributed by atoms with van der Waals surface area (Å²) >= 11 is 0. The largest absolute Gasteiger partial charge is 0.361 e. The van der Waals surface area contributed by atoms with Crippen molar-refractivity contribution in [1.82, 2.24) is 9.88 Å². The van der Waals surface area contributed by atoms with E-state index in [4.69, 9.17) is 0 Å². The van der Waals surface area contributed by atoms with Crippen LogP contribution in [0, 0.1) is 0 Å². The molecule has 31 heavy (non-hydrogen) atoms. The summed E-state index contributed by atoms with van der Waals surface area (Å²) in [5, 5.41) is 2.65. The summed E-state index contributed by atoms with van der Waals surface area (Å²) in [5.74, 6) is 0. The molecule has 1 atom stereocenters. The smallest absolute Gasteiger partial charge is 0.0938 e. The zero-order valence-electron chi connectivity index (χ0n) is 17.4. The zero-order valence-corrected chi connectivity index (χ0v) is 18.4. The minimum atomic E-state index is 0.602. The molecule has 1 aromatic heterocycles. The Morgan fingerprint density at radius 2 is 1.48 bits per heavy atom. The summed E-state index contributed by atoms with van der Waals surface area (Å²) in [6.07, 6.45) is 6.14. The maximum Gasteiger partial charge on any atom is 0.0938 e. The Balaban J connectivity index is 1.39. The lowest BCUT2D eigenvalue weighted by Crippen LogP contribution is -2.22. The molecule has 0 saturated heterocycles. The molecule has 2 heterocycles. The first-order valence-corrected chi connectivity index (χ1v) is 11.4. The van der Waals surface area contributed by atoms with Crippen molar-refractivity contribution in [3.05, 3.63) is 110 Å². The molecule has 1 aliphatic rings. The molecule has 4 aromatic rings. The maximum absolute atomic E-state index is 4.64. The molecule has 1 unspecified atom stereocenters. The molecular formula is C27H24N3P. The molecule has 0 radical (unpaired) electrons. The first kappa shape index (κ1) is 19.5. The Bertz CT molecular complexity index is 1220. The fourth-order valence-electron chi connectivity index (χ4n) is 3.78. The maximum atomic E-state index is 4.64. The molecule has 152 valence electrons. The monoisotopic (exact) mass is 421 g/mol. The molecule has 1 aliphatic heterocycles.